The second-order valence-corrected chi connectivity index (χ2v) is 7.25. The Labute approximate surface area is 173 Å². The Kier molecular flexibility index (Phi) is 5.60. The first-order chi connectivity index (χ1) is 14.6. The number of imide groups is 1. The number of nitrogens with one attached hydrogen (secondary N) is 1. The topological polar surface area (TPSA) is 115 Å². The van der Waals surface area contributed by atoms with Crippen molar-refractivity contribution in [2.24, 2.45) is 11.8 Å². The molecule has 1 fully saturated rings. The Balaban J connectivity index is 1.28. The highest BCUT2D eigenvalue weighted by Crippen LogP contribution is 2.35. The van der Waals surface area contributed by atoms with Crippen LogP contribution in [0.3, 0.4) is 0 Å². The summed E-state index contributed by atoms with van der Waals surface area (Å²) in [5.41, 5.74) is 0.734. The van der Waals surface area contributed by atoms with Crippen LogP contribution in [0.4, 0.5) is 0 Å². The predicted molar refractivity (Wildman–Crippen MR) is 105 cm³/mol. The Morgan fingerprint density at radius 2 is 1.97 bits per heavy atom. The van der Waals surface area contributed by atoms with Gasteiger partial charge in [0.2, 0.25) is 29.4 Å². The third-order valence-corrected chi connectivity index (χ3v) is 5.39. The Morgan fingerprint density at radius 3 is 2.67 bits per heavy atom. The van der Waals surface area contributed by atoms with Crippen molar-refractivity contribution in [1.82, 2.24) is 20.4 Å². The van der Waals surface area contributed by atoms with Crippen LogP contribution >= 0.6 is 0 Å². The van der Waals surface area contributed by atoms with E-state index in [-0.39, 0.29) is 55.0 Å². The molecule has 1 saturated heterocycles. The summed E-state index contributed by atoms with van der Waals surface area (Å²) in [6, 6.07) is 7.24. The van der Waals surface area contributed by atoms with Gasteiger partial charge in [0, 0.05) is 18.5 Å². The molecular formula is C21H22N4O5. The average molecular weight is 410 g/mol. The Hall–Kier alpha value is -3.49. The zero-order valence-electron chi connectivity index (χ0n) is 16.5. The van der Waals surface area contributed by atoms with Gasteiger partial charge in [0.25, 0.3) is 0 Å². The fourth-order valence-corrected chi connectivity index (χ4v) is 3.77. The first-order valence-electron chi connectivity index (χ1n) is 9.80. The van der Waals surface area contributed by atoms with E-state index in [1.54, 1.807) is 13.2 Å². The maximum atomic E-state index is 12.4. The van der Waals surface area contributed by atoms with E-state index in [1.165, 1.54) is 4.90 Å². The lowest BCUT2D eigenvalue weighted by atomic mass is 9.85. The van der Waals surface area contributed by atoms with Gasteiger partial charge in [-0.25, -0.2) is 0 Å². The molecule has 3 amide bonds. The van der Waals surface area contributed by atoms with Gasteiger partial charge in [-0.2, -0.15) is 4.98 Å². The van der Waals surface area contributed by atoms with Crippen molar-refractivity contribution in [2.45, 2.75) is 25.8 Å². The summed E-state index contributed by atoms with van der Waals surface area (Å²) in [4.78, 5) is 42.5. The predicted octanol–water partition coefficient (Wildman–Crippen LogP) is 1.70. The summed E-state index contributed by atoms with van der Waals surface area (Å²) in [7, 11) is 1.57. The van der Waals surface area contributed by atoms with E-state index in [2.05, 4.69) is 15.5 Å². The van der Waals surface area contributed by atoms with Gasteiger partial charge < -0.3 is 14.6 Å². The minimum Gasteiger partial charge on any atom is -0.497 e. The average Bonchev–Trinajstić information content (AvgIpc) is 3.35. The van der Waals surface area contributed by atoms with Crippen molar-refractivity contribution in [1.29, 1.82) is 0 Å². The number of amides is 3. The number of nitrogens with zero attached hydrogens (tertiary/aromatic N) is 3. The van der Waals surface area contributed by atoms with Gasteiger partial charge in [0.05, 0.1) is 25.5 Å². The lowest BCUT2D eigenvalue weighted by molar-refractivity contribution is -0.140. The number of likely N-dealkylation sites (tertiary alicyclic amines) is 1. The zero-order chi connectivity index (χ0) is 21.1. The third-order valence-electron chi connectivity index (χ3n) is 5.39. The van der Waals surface area contributed by atoms with E-state index in [4.69, 9.17) is 9.26 Å². The van der Waals surface area contributed by atoms with Gasteiger partial charge in [-0.1, -0.05) is 29.4 Å². The van der Waals surface area contributed by atoms with E-state index < -0.39 is 0 Å². The third kappa shape index (κ3) is 3.96. The first-order valence-corrected chi connectivity index (χ1v) is 9.80. The standard InChI is InChI=1S/C21H22N4O5/c1-29-14-6-4-5-13(11-14)19-23-18(30-24-19)12-22-17(26)9-10-25-20(27)15-7-2-3-8-16(15)21(25)28/h2-6,11,15-16H,7-10,12H2,1H3,(H,22,26)/t15-,16+. The van der Waals surface area contributed by atoms with Crippen molar-refractivity contribution >= 4 is 17.7 Å². The molecular weight excluding hydrogens is 388 g/mol. The Bertz CT molecular complexity index is 973. The number of carbonyl (C=O) groups excluding carboxylic acids is 3. The van der Waals surface area contributed by atoms with Gasteiger partial charge in [-0.05, 0) is 25.0 Å². The summed E-state index contributed by atoms with van der Waals surface area (Å²) in [5.74, 6) is 0.106. The zero-order valence-corrected chi connectivity index (χ0v) is 16.5. The molecule has 0 saturated carbocycles. The second-order valence-electron chi connectivity index (χ2n) is 7.25. The van der Waals surface area contributed by atoms with Gasteiger partial charge in [-0.15, -0.1) is 0 Å². The van der Waals surface area contributed by atoms with E-state index in [9.17, 15) is 14.4 Å². The molecule has 30 heavy (non-hydrogen) atoms. The highest BCUT2D eigenvalue weighted by Gasteiger charge is 2.46. The minimum absolute atomic E-state index is 0.0290. The van der Waals surface area contributed by atoms with E-state index >= 15 is 0 Å². The van der Waals surface area contributed by atoms with E-state index in [0.29, 0.717) is 24.4 Å². The summed E-state index contributed by atoms with van der Waals surface area (Å²) < 4.78 is 10.4. The fourth-order valence-electron chi connectivity index (χ4n) is 3.77. The van der Waals surface area contributed by atoms with E-state index in [1.807, 2.05) is 30.4 Å². The molecule has 2 aromatic rings. The lowest BCUT2D eigenvalue weighted by Crippen LogP contribution is -2.35. The second kappa shape index (κ2) is 8.48. The van der Waals surface area contributed by atoms with Crippen LogP contribution in [-0.2, 0) is 20.9 Å². The van der Waals surface area contributed by atoms with E-state index in [0.717, 1.165) is 5.56 Å². The number of fused-ring (bicyclic) bond motifs is 1. The van der Waals surface area contributed by atoms with Gasteiger partial charge in [0.1, 0.15) is 5.75 Å². The first kappa shape index (κ1) is 19.8. The molecule has 2 heterocycles. The summed E-state index contributed by atoms with van der Waals surface area (Å²) >= 11 is 0. The molecule has 1 aliphatic carbocycles. The van der Waals surface area contributed by atoms with Crippen LogP contribution in [0.15, 0.2) is 40.9 Å². The minimum atomic E-state index is -0.301. The molecule has 4 rings (SSSR count). The summed E-state index contributed by atoms with van der Waals surface area (Å²) in [6.07, 6.45) is 5.08. The van der Waals surface area contributed by atoms with Crippen molar-refractivity contribution < 1.29 is 23.6 Å². The summed E-state index contributed by atoms with van der Waals surface area (Å²) in [6.45, 7) is 0.141. The summed E-state index contributed by atoms with van der Waals surface area (Å²) in [5, 5.41) is 6.59. The molecule has 1 N–H and O–H groups in total. The van der Waals surface area contributed by atoms with Crippen molar-refractivity contribution in [3.8, 4) is 17.1 Å². The molecule has 2 atom stereocenters. The molecule has 0 spiro atoms. The van der Waals surface area contributed by atoms with Crippen LogP contribution in [-0.4, -0.2) is 46.4 Å². The molecule has 0 radical (unpaired) electrons. The monoisotopic (exact) mass is 410 g/mol. The molecule has 1 aromatic heterocycles. The molecule has 156 valence electrons. The number of benzene rings is 1. The van der Waals surface area contributed by atoms with Gasteiger partial charge in [0.15, 0.2) is 0 Å². The highest BCUT2D eigenvalue weighted by atomic mass is 16.5. The molecule has 1 aromatic carbocycles. The lowest BCUT2D eigenvalue weighted by Gasteiger charge is -2.14. The molecule has 0 unspecified atom stereocenters. The number of allylic oxidation sites excluding steroid dienone is 2. The van der Waals surface area contributed by atoms with Crippen LogP contribution in [0.2, 0.25) is 0 Å². The number of hydrogen-bond acceptors (Lipinski definition) is 7. The van der Waals surface area contributed by atoms with Crippen LogP contribution in [0.1, 0.15) is 25.2 Å². The maximum Gasteiger partial charge on any atom is 0.246 e. The number of methoxy groups -OCH3 is 1. The van der Waals surface area contributed by atoms with Crippen molar-refractivity contribution in [2.75, 3.05) is 13.7 Å². The molecule has 2 aliphatic rings. The smallest absolute Gasteiger partial charge is 0.246 e. The molecule has 9 heteroatoms. The van der Waals surface area contributed by atoms with Crippen LogP contribution < -0.4 is 10.1 Å². The number of rotatable bonds is 7. The number of ether oxygens (including phenoxy) is 1. The Morgan fingerprint density at radius 1 is 1.23 bits per heavy atom. The quantitative estimate of drug-likeness (QED) is 0.546. The van der Waals surface area contributed by atoms with Gasteiger partial charge >= 0.3 is 0 Å². The van der Waals surface area contributed by atoms with Crippen LogP contribution in [0.25, 0.3) is 11.4 Å². The van der Waals surface area contributed by atoms with Crippen LogP contribution in [0, 0.1) is 11.8 Å². The van der Waals surface area contributed by atoms with Crippen molar-refractivity contribution in [3.05, 3.63) is 42.3 Å². The highest BCUT2D eigenvalue weighted by molar-refractivity contribution is 6.05. The fraction of sp³-hybridized carbons (Fsp3) is 0.381. The largest absolute Gasteiger partial charge is 0.497 e. The normalized spacial score (nSPS) is 20.4. The van der Waals surface area contributed by atoms with Gasteiger partial charge in [-0.3, -0.25) is 19.3 Å². The number of aromatic nitrogens is 2. The maximum absolute atomic E-state index is 12.4. The molecule has 1 aliphatic heterocycles. The SMILES string of the molecule is COc1cccc(-c2noc(CNC(=O)CCN3C(=O)[C@H]4CC=CC[C@H]4C3=O)n2)c1. The van der Waals surface area contributed by atoms with Crippen LogP contribution in [0.5, 0.6) is 5.75 Å². The molecule has 0 bridgehead atoms. The number of hydrogen-bond donors (Lipinski definition) is 1. The molecule has 9 nitrogen and oxygen atoms in total. The van der Waals surface area contributed by atoms with Crippen molar-refractivity contribution in [3.63, 3.8) is 0 Å². The number of carbonyl (C=O) groups is 3.